The molecule has 1 aliphatic rings. The standard InChI is InChI=1S/C10H18O2/c1-9(2)6-5-8(11)7-10(3,4)12-9/h5-7H2,1-4H3. The molecule has 2 heteroatoms. The Hall–Kier alpha value is -0.370. The third kappa shape index (κ3) is 2.59. The molecule has 0 unspecified atom stereocenters. The zero-order valence-electron chi connectivity index (χ0n) is 8.44. The number of ether oxygens (including phenoxy) is 1. The van der Waals surface area contributed by atoms with Gasteiger partial charge < -0.3 is 4.74 Å². The molecule has 12 heavy (non-hydrogen) atoms. The number of hydrogen-bond acceptors (Lipinski definition) is 2. The van der Waals surface area contributed by atoms with Crippen LogP contribution in [-0.4, -0.2) is 17.0 Å². The predicted molar refractivity (Wildman–Crippen MR) is 48.1 cm³/mol. The summed E-state index contributed by atoms with van der Waals surface area (Å²) in [4.78, 5) is 11.3. The first-order valence-corrected chi connectivity index (χ1v) is 4.53. The van der Waals surface area contributed by atoms with Crippen molar-refractivity contribution in [3.8, 4) is 0 Å². The van der Waals surface area contributed by atoms with Crippen molar-refractivity contribution in [3.05, 3.63) is 0 Å². The van der Waals surface area contributed by atoms with Crippen LogP contribution in [0.15, 0.2) is 0 Å². The highest BCUT2D eigenvalue weighted by atomic mass is 16.5. The van der Waals surface area contributed by atoms with Crippen LogP contribution < -0.4 is 0 Å². The zero-order chi connectivity index (χ0) is 9.41. The van der Waals surface area contributed by atoms with E-state index in [1.807, 2.05) is 27.7 Å². The molecule has 0 aromatic heterocycles. The number of carbonyl (C=O) groups excluding carboxylic acids is 1. The van der Waals surface area contributed by atoms with Crippen molar-refractivity contribution in [3.63, 3.8) is 0 Å². The van der Waals surface area contributed by atoms with E-state index < -0.39 is 0 Å². The Morgan fingerprint density at radius 1 is 1.17 bits per heavy atom. The lowest BCUT2D eigenvalue weighted by molar-refractivity contribution is -0.130. The quantitative estimate of drug-likeness (QED) is 0.557. The molecule has 0 bridgehead atoms. The van der Waals surface area contributed by atoms with Gasteiger partial charge in [-0.25, -0.2) is 0 Å². The molecule has 0 saturated carbocycles. The lowest BCUT2D eigenvalue weighted by atomic mass is 10.00. The van der Waals surface area contributed by atoms with Crippen LogP contribution >= 0.6 is 0 Å². The van der Waals surface area contributed by atoms with Crippen molar-refractivity contribution in [2.75, 3.05) is 0 Å². The van der Waals surface area contributed by atoms with Gasteiger partial charge in [0.15, 0.2) is 0 Å². The highest BCUT2D eigenvalue weighted by Gasteiger charge is 2.34. The lowest BCUT2D eigenvalue weighted by Crippen LogP contribution is -2.35. The molecule has 2 nitrogen and oxygen atoms in total. The van der Waals surface area contributed by atoms with Gasteiger partial charge in [-0.1, -0.05) is 0 Å². The first-order chi connectivity index (χ1) is 5.31. The number of ketones is 1. The molecule has 1 rings (SSSR count). The molecule has 1 saturated heterocycles. The Labute approximate surface area is 74.3 Å². The average molecular weight is 170 g/mol. The second-order valence-corrected chi connectivity index (χ2v) is 4.84. The third-order valence-electron chi connectivity index (χ3n) is 2.18. The minimum Gasteiger partial charge on any atom is -0.369 e. The smallest absolute Gasteiger partial charge is 0.135 e. The van der Waals surface area contributed by atoms with E-state index in [1.54, 1.807) is 0 Å². The van der Waals surface area contributed by atoms with Gasteiger partial charge >= 0.3 is 0 Å². The number of hydrogen-bond donors (Lipinski definition) is 0. The highest BCUT2D eigenvalue weighted by molar-refractivity contribution is 5.79. The fraction of sp³-hybridized carbons (Fsp3) is 0.900. The van der Waals surface area contributed by atoms with Gasteiger partial charge in [0, 0.05) is 12.8 Å². The summed E-state index contributed by atoms with van der Waals surface area (Å²) in [6, 6.07) is 0. The number of Topliss-reactive ketones (excluding diaryl/α,β-unsaturated/α-hetero) is 1. The van der Waals surface area contributed by atoms with Gasteiger partial charge in [-0.3, -0.25) is 4.79 Å². The second kappa shape index (κ2) is 2.84. The maximum absolute atomic E-state index is 11.3. The van der Waals surface area contributed by atoms with Crippen LogP contribution in [0.1, 0.15) is 47.0 Å². The van der Waals surface area contributed by atoms with Crippen LogP contribution in [0.25, 0.3) is 0 Å². The van der Waals surface area contributed by atoms with Gasteiger partial charge in [-0.05, 0) is 34.1 Å². The molecule has 1 fully saturated rings. The molecule has 0 atom stereocenters. The fourth-order valence-corrected chi connectivity index (χ4v) is 1.84. The molecule has 0 aliphatic carbocycles. The van der Waals surface area contributed by atoms with Crippen molar-refractivity contribution in [2.24, 2.45) is 0 Å². The van der Waals surface area contributed by atoms with Gasteiger partial charge in [-0.2, -0.15) is 0 Å². The van der Waals surface area contributed by atoms with Gasteiger partial charge in [-0.15, -0.1) is 0 Å². The Bertz CT molecular complexity index is 192. The minimum atomic E-state index is -0.281. The molecule has 70 valence electrons. The molecule has 0 aromatic carbocycles. The van der Waals surface area contributed by atoms with E-state index in [4.69, 9.17) is 4.74 Å². The van der Waals surface area contributed by atoms with Crippen LogP contribution in [0.4, 0.5) is 0 Å². The lowest BCUT2D eigenvalue weighted by Gasteiger charge is -2.32. The molecule has 1 heterocycles. The third-order valence-corrected chi connectivity index (χ3v) is 2.18. The summed E-state index contributed by atoms with van der Waals surface area (Å²) < 4.78 is 5.84. The maximum Gasteiger partial charge on any atom is 0.135 e. The Balaban J connectivity index is 2.76. The van der Waals surface area contributed by atoms with Crippen molar-refractivity contribution < 1.29 is 9.53 Å². The first-order valence-electron chi connectivity index (χ1n) is 4.53. The van der Waals surface area contributed by atoms with Crippen molar-refractivity contribution in [1.82, 2.24) is 0 Å². The van der Waals surface area contributed by atoms with Crippen LogP contribution in [0, 0.1) is 0 Å². The summed E-state index contributed by atoms with van der Waals surface area (Å²) in [6.07, 6.45) is 2.06. The molecule has 1 aliphatic heterocycles. The van der Waals surface area contributed by atoms with Gasteiger partial charge in [0.05, 0.1) is 11.2 Å². The first kappa shape index (κ1) is 9.72. The molecule has 0 amide bonds. The SMILES string of the molecule is CC1(C)CCC(=O)CC(C)(C)O1. The van der Waals surface area contributed by atoms with Crippen molar-refractivity contribution in [1.29, 1.82) is 0 Å². The van der Waals surface area contributed by atoms with E-state index in [1.165, 1.54) is 0 Å². The average Bonchev–Trinajstić information content (AvgIpc) is 1.86. The molecule has 0 spiro atoms. The van der Waals surface area contributed by atoms with Crippen molar-refractivity contribution in [2.45, 2.75) is 58.2 Å². The summed E-state index contributed by atoms with van der Waals surface area (Å²) in [7, 11) is 0. The molecular formula is C10H18O2. The van der Waals surface area contributed by atoms with Crippen molar-refractivity contribution >= 4 is 5.78 Å². The maximum atomic E-state index is 11.3. The minimum absolute atomic E-state index is 0.143. The van der Waals surface area contributed by atoms with Gasteiger partial charge in [0.25, 0.3) is 0 Å². The Morgan fingerprint density at radius 3 is 2.33 bits per heavy atom. The van der Waals surface area contributed by atoms with Crippen LogP contribution in [0.5, 0.6) is 0 Å². The second-order valence-electron chi connectivity index (χ2n) is 4.84. The molecular weight excluding hydrogens is 152 g/mol. The molecule has 0 radical (unpaired) electrons. The Morgan fingerprint density at radius 2 is 1.75 bits per heavy atom. The van der Waals surface area contributed by atoms with E-state index in [-0.39, 0.29) is 11.2 Å². The van der Waals surface area contributed by atoms with Crippen LogP contribution in [-0.2, 0) is 9.53 Å². The van der Waals surface area contributed by atoms with E-state index >= 15 is 0 Å². The fourth-order valence-electron chi connectivity index (χ4n) is 1.84. The highest BCUT2D eigenvalue weighted by Crippen LogP contribution is 2.31. The molecule has 0 N–H and O–H groups in total. The summed E-state index contributed by atoms with van der Waals surface area (Å²) in [5, 5.41) is 0. The van der Waals surface area contributed by atoms with Crippen LogP contribution in [0.2, 0.25) is 0 Å². The summed E-state index contributed by atoms with van der Waals surface area (Å²) in [5.41, 5.74) is -0.424. The predicted octanol–water partition coefficient (Wildman–Crippen LogP) is 2.31. The summed E-state index contributed by atoms with van der Waals surface area (Å²) in [6.45, 7) is 8.07. The van der Waals surface area contributed by atoms with E-state index in [0.717, 1.165) is 6.42 Å². The van der Waals surface area contributed by atoms with E-state index in [9.17, 15) is 4.79 Å². The van der Waals surface area contributed by atoms with E-state index in [2.05, 4.69) is 0 Å². The monoisotopic (exact) mass is 170 g/mol. The summed E-state index contributed by atoms with van der Waals surface area (Å²) >= 11 is 0. The topological polar surface area (TPSA) is 26.3 Å². The van der Waals surface area contributed by atoms with Gasteiger partial charge in [0.1, 0.15) is 5.78 Å². The van der Waals surface area contributed by atoms with E-state index in [0.29, 0.717) is 18.6 Å². The molecule has 0 aromatic rings. The zero-order valence-corrected chi connectivity index (χ0v) is 8.44. The Kier molecular flexibility index (Phi) is 2.30. The summed E-state index contributed by atoms with van der Waals surface area (Å²) in [5.74, 6) is 0.325. The largest absolute Gasteiger partial charge is 0.369 e. The van der Waals surface area contributed by atoms with Gasteiger partial charge in [0.2, 0.25) is 0 Å². The normalized spacial score (nSPS) is 28.2. The number of rotatable bonds is 0. The number of carbonyl (C=O) groups is 1. The van der Waals surface area contributed by atoms with Crippen LogP contribution in [0.3, 0.4) is 0 Å².